The second-order valence-electron chi connectivity index (χ2n) is 2.74. The maximum atomic E-state index is 11.1. The molecule has 0 aromatic carbocycles. The summed E-state index contributed by atoms with van der Waals surface area (Å²) in [7, 11) is 0. The second kappa shape index (κ2) is 6.89. The van der Waals surface area contributed by atoms with Crippen LogP contribution in [0.4, 0.5) is 0 Å². The van der Waals surface area contributed by atoms with Gasteiger partial charge in [-0.25, -0.2) is 0 Å². The number of hydrogen-bond donors (Lipinski definition) is 0. The van der Waals surface area contributed by atoms with Gasteiger partial charge in [-0.1, -0.05) is 26.3 Å². The lowest BCUT2D eigenvalue weighted by atomic mass is 10.2. The van der Waals surface area contributed by atoms with Crippen LogP contribution in [-0.4, -0.2) is 23.9 Å². The smallest absolute Gasteiger partial charge is 0.245 e. The Kier molecular flexibility index (Phi) is 6.44. The van der Waals surface area contributed by atoms with Gasteiger partial charge in [-0.2, -0.15) is 0 Å². The van der Waals surface area contributed by atoms with Crippen LogP contribution < -0.4 is 0 Å². The summed E-state index contributed by atoms with van der Waals surface area (Å²) in [6, 6.07) is 0. The molecule has 1 radical (unpaired) electrons. The molecule has 2 heteroatoms. The lowest BCUT2D eigenvalue weighted by Crippen LogP contribution is -2.30. The molecule has 0 fully saturated rings. The molecule has 0 aliphatic rings. The molecule has 0 aromatic heterocycles. The first kappa shape index (κ1) is 11.2. The van der Waals surface area contributed by atoms with Crippen molar-refractivity contribution in [3.8, 4) is 0 Å². The van der Waals surface area contributed by atoms with E-state index in [0.29, 0.717) is 6.54 Å². The fourth-order valence-corrected chi connectivity index (χ4v) is 1.01. The van der Waals surface area contributed by atoms with E-state index in [1.165, 1.54) is 18.9 Å². The largest absolute Gasteiger partial charge is 0.339 e. The zero-order chi connectivity index (χ0) is 9.40. The van der Waals surface area contributed by atoms with E-state index in [1.807, 2.05) is 0 Å². The van der Waals surface area contributed by atoms with E-state index in [9.17, 15) is 4.79 Å². The van der Waals surface area contributed by atoms with Gasteiger partial charge >= 0.3 is 0 Å². The summed E-state index contributed by atoms with van der Waals surface area (Å²) in [4.78, 5) is 12.8. The average Bonchev–Trinajstić information content (AvgIpc) is 2.11. The van der Waals surface area contributed by atoms with Crippen molar-refractivity contribution >= 4 is 5.91 Å². The molecule has 2 nitrogen and oxygen atoms in total. The van der Waals surface area contributed by atoms with Gasteiger partial charge in [-0.15, -0.1) is 0 Å². The van der Waals surface area contributed by atoms with Crippen molar-refractivity contribution < 1.29 is 4.79 Å². The highest BCUT2D eigenvalue weighted by Gasteiger charge is 2.05. The number of carbonyl (C=O) groups excluding carboxylic acids is 1. The minimum Gasteiger partial charge on any atom is -0.339 e. The summed E-state index contributed by atoms with van der Waals surface area (Å²) in [5, 5.41) is 0. The maximum absolute atomic E-state index is 11.1. The van der Waals surface area contributed by atoms with E-state index in [4.69, 9.17) is 0 Å². The maximum Gasteiger partial charge on any atom is 0.245 e. The molecule has 69 valence electrons. The first-order chi connectivity index (χ1) is 5.76. The normalized spacial score (nSPS) is 9.50. The summed E-state index contributed by atoms with van der Waals surface area (Å²) < 4.78 is 0. The van der Waals surface area contributed by atoms with Crippen LogP contribution in [-0.2, 0) is 4.79 Å². The van der Waals surface area contributed by atoms with Crippen LogP contribution in [0.15, 0.2) is 12.7 Å². The summed E-state index contributed by atoms with van der Waals surface area (Å²) in [6.07, 6.45) is 4.75. The van der Waals surface area contributed by atoms with Gasteiger partial charge in [0.05, 0.1) is 0 Å². The predicted molar refractivity (Wildman–Crippen MR) is 51.7 cm³/mol. The molecule has 1 amide bonds. The fourth-order valence-electron chi connectivity index (χ4n) is 1.01. The topological polar surface area (TPSA) is 20.3 Å². The van der Waals surface area contributed by atoms with Crippen LogP contribution in [0.25, 0.3) is 0 Å². The molecule has 0 heterocycles. The van der Waals surface area contributed by atoms with E-state index >= 15 is 0 Å². The van der Waals surface area contributed by atoms with E-state index in [1.54, 1.807) is 4.90 Å². The molecule has 0 bridgehead atoms. The Morgan fingerprint density at radius 2 is 2.17 bits per heavy atom. The molecule has 0 aliphatic heterocycles. The Morgan fingerprint density at radius 3 is 2.58 bits per heavy atom. The highest BCUT2D eigenvalue weighted by Crippen LogP contribution is 1.98. The molecule has 0 atom stereocenters. The van der Waals surface area contributed by atoms with Crippen LogP contribution in [0.5, 0.6) is 0 Å². The van der Waals surface area contributed by atoms with Gasteiger partial charge in [0.2, 0.25) is 5.91 Å². The molecule has 0 unspecified atom stereocenters. The molecule has 0 rings (SSSR count). The number of unbranched alkanes of at least 4 members (excludes halogenated alkanes) is 2. The lowest BCUT2D eigenvalue weighted by Gasteiger charge is -2.18. The molecule has 0 spiro atoms. The molecular weight excluding hydrogens is 150 g/mol. The standard InChI is InChI=1S/C10H18NO/c1-4-7-8-9-11(6-3)10(12)5-2/h5H,2-4,6-9H2,1H3. The van der Waals surface area contributed by atoms with Gasteiger partial charge in [0, 0.05) is 13.1 Å². The predicted octanol–water partition coefficient (Wildman–Crippen LogP) is 2.03. The molecule has 0 N–H and O–H groups in total. The zero-order valence-corrected chi connectivity index (χ0v) is 7.88. The van der Waals surface area contributed by atoms with Gasteiger partial charge in [0.25, 0.3) is 0 Å². The van der Waals surface area contributed by atoms with Gasteiger partial charge in [0.1, 0.15) is 0 Å². The van der Waals surface area contributed by atoms with Gasteiger partial charge in [0.15, 0.2) is 0 Å². The van der Waals surface area contributed by atoms with Crippen molar-refractivity contribution in [1.82, 2.24) is 4.90 Å². The van der Waals surface area contributed by atoms with Crippen molar-refractivity contribution in [1.29, 1.82) is 0 Å². The first-order valence-corrected chi connectivity index (χ1v) is 4.46. The summed E-state index contributed by atoms with van der Waals surface area (Å²) in [5.41, 5.74) is 0. The molecule has 0 saturated heterocycles. The third-order valence-corrected chi connectivity index (χ3v) is 1.79. The van der Waals surface area contributed by atoms with Crippen LogP contribution >= 0.6 is 0 Å². The Bertz CT molecular complexity index is 143. The summed E-state index contributed by atoms with van der Waals surface area (Å²) in [6.45, 7) is 10.6. The van der Waals surface area contributed by atoms with Gasteiger partial charge in [-0.3, -0.25) is 4.79 Å². The first-order valence-electron chi connectivity index (χ1n) is 4.46. The van der Waals surface area contributed by atoms with Crippen LogP contribution in [0.1, 0.15) is 26.2 Å². The fraction of sp³-hybridized carbons (Fsp3) is 0.600. The van der Waals surface area contributed by atoms with Crippen molar-refractivity contribution in [2.75, 3.05) is 13.1 Å². The molecule has 12 heavy (non-hydrogen) atoms. The quantitative estimate of drug-likeness (QED) is 0.439. The SMILES string of the molecule is [CH2]CN(CCCCC)C(=O)C=C. The van der Waals surface area contributed by atoms with Crippen molar-refractivity contribution in [2.45, 2.75) is 26.2 Å². The number of carbonyl (C=O) groups is 1. The molecule has 0 saturated carbocycles. The Morgan fingerprint density at radius 1 is 1.50 bits per heavy atom. The van der Waals surface area contributed by atoms with E-state index in [-0.39, 0.29) is 5.91 Å². The third-order valence-electron chi connectivity index (χ3n) is 1.79. The zero-order valence-electron chi connectivity index (χ0n) is 7.88. The second-order valence-corrected chi connectivity index (χ2v) is 2.74. The summed E-state index contributed by atoms with van der Waals surface area (Å²) in [5.74, 6) is -0.0129. The minimum absolute atomic E-state index is 0.0129. The lowest BCUT2D eigenvalue weighted by molar-refractivity contribution is -0.125. The van der Waals surface area contributed by atoms with Gasteiger partial charge in [-0.05, 0) is 19.4 Å². The van der Waals surface area contributed by atoms with Crippen LogP contribution in [0.2, 0.25) is 0 Å². The third kappa shape index (κ3) is 4.16. The van der Waals surface area contributed by atoms with Crippen LogP contribution in [0.3, 0.4) is 0 Å². The summed E-state index contributed by atoms with van der Waals surface area (Å²) >= 11 is 0. The van der Waals surface area contributed by atoms with Crippen LogP contribution in [0, 0.1) is 6.92 Å². The van der Waals surface area contributed by atoms with E-state index in [2.05, 4.69) is 20.4 Å². The van der Waals surface area contributed by atoms with Crippen molar-refractivity contribution in [2.24, 2.45) is 0 Å². The van der Waals surface area contributed by atoms with Crippen molar-refractivity contribution in [3.05, 3.63) is 19.6 Å². The monoisotopic (exact) mass is 168 g/mol. The molecule has 0 aromatic rings. The highest BCUT2D eigenvalue weighted by atomic mass is 16.2. The number of nitrogens with zero attached hydrogens (tertiary/aromatic N) is 1. The average molecular weight is 168 g/mol. The highest BCUT2D eigenvalue weighted by molar-refractivity contribution is 5.86. The molecular formula is C10H18NO. The van der Waals surface area contributed by atoms with Crippen molar-refractivity contribution in [3.63, 3.8) is 0 Å². The molecule has 0 aliphatic carbocycles. The van der Waals surface area contributed by atoms with Gasteiger partial charge < -0.3 is 4.90 Å². The number of amides is 1. The number of hydrogen-bond acceptors (Lipinski definition) is 1. The Labute approximate surface area is 75.3 Å². The number of rotatable bonds is 6. The Hall–Kier alpha value is -0.790. The minimum atomic E-state index is -0.0129. The Balaban J connectivity index is 3.67. The van der Waals surface area contributed by atoms with E-state index < -0.39 is 0 Å². The van der Waals surface area contributed by atoms with E-state index in [0.717, 1.165) is 13.0 Å².